The van der Waals surface area contributed by atoms with Gasteiger partial charge in [-0.25, -0.2) is 9.97 Å². The fraction of sp³-hybridized carbons (Fsp3) is 0.643. The van der Waals surface area contributed by atoms with Gasteiger partial charge in [-0.15, -0.1) is 0 Å². The Morgan fingerprint density at radius 3 is 2.80 bits per heavy atom. The number of imidazole rings is 1. The zero-order valence-corrected chi connectivity index (χ0v) is 12.5. The van der Waals surface area contributed by atoms with Gasteiger partial charge >= 0.3 is 0 Å². The summed E-state index contributed by atoms with van der Waals surface area (Å²) in [6.45, 7) is 5.27. The number of nitrogens with two attached hydrogens (primary N) is 1. The molecule has 0 spiro atoms. The molecule has 6 nitrogen and oxygen atoms in total. The molecule has 20 heavy (non-hydrogen) atoms. The Morgan fingerprint density at radius 1 is 1.35 bits per heavy atom. The summed E-state index contributed by atoms with van der Waals surface area (Å²) in [5, 5.41) is 0. The van der Waals surface area contributed by atoms with Gasteiger partial charge in [0.25, 0.3) is 0 Å². The summed E-state index contributed by atoms with van der Waals surface area (Å²) in [5.41, 5.74) is 7.43. The molecule has 1 atom stereocenters. The normalized spacial score (nSPS) is 12.8. The Kier molecular flexibility index (Phi) is 4.76. The Bertz CT molecular complexity index is 566. The first-order chi connectivity index (χ1) is 9.71. The maximum absolute atomic E-state index is 6.04. The van der Waals surface area contributed by atoms with Gasteiger partial charge in [-0.1, -0.05) is 33.1 Å². The number of aromatic nitrogens is 4. The van der Waals surface area contributed by atoms with E-state index < -0.39 is 0 Å². The molecule has 2 heterocycles. The molecule has 0 aliphatic carbocycles. The van der Waals surface area contributed by atoms with E-state index in [9.17, 15) is 0 Å². The molecule has 0 aliphatic heterocycles. The van der Waals surface area contributed by atoms with Gasteiger partial charge in [-0.2, -0.15) is 4.98 Å². The number of ether oxygens (including phenoxy) is 1. The number of methoxy groups -OCH3 is 1. The monoisotopic (exact) mass is 277 g/mol. The molecule has 2 N–H and O–H groups in total. The lowest BCUT2D eigenvalue weighted by atomic mass is 9.99. The van der Waals surface area contributed by atoms with Crippen LogP contribution in [0.4, 0.5) is 5.95 Å². The lowest BCUT2D eigenvalue weighted by Crippen LogP contribution is -2.13. The van der Waals surface area contributed by atoms with Crippen LogP contribution in [-0.4, -0.2) is 26.6 Å². The number of hydrogen-bond donors (Lipinski definition) is 1. The first-order valence-electron chi connectivity index (χ1n) is 7.21. The van der Waals surface area contributed by atoms with E-state index in [1.165, 1.54) is 25.6 Å². The summed E-state index contributed by atoms with van der Waals surface area (Å²) in [7, 11) is 1.58. The van der Waals surface area contributed by atoms with Crippen LogP contribution in [0.2, 0.25) is 0 Å². The van der Waals surface area contributed by atoms with Crippen LogP contribution in [0.5, 0.6) is 5.88 Å². The van der Waals surface area contributed by atoms with Crippen molar-refractivity contribution >= 4 is 17.1 Å². The van der Waals surface area contributed by atoms with Gasteiger partial charge < -0.3 is 10.5 Å². The predicted molar refractivity (Wildman–Crippen MR) is 79.6 cm³/mol. The second-order valence-corrected chi connectivity index (χ2v) is 5.05. The highest BCUT2D eigenvalue weighted by Crippen LogP contribution is 2.25. The van der Waals surface area contributed by atoms with Gasteiger partial charge in [0.1, 0.15) is 6.33 Å². The summed E-state index contributed by atoms with van der Waals surface area (Å²) in [6.07, 6.45) is 6.28. The lowest BCUT2D eigenvalue weighted by molar-refractivity contribution is 0.395. The lowest BCUT2D eigenvalue weighted by Gasteiger charge is -2.16. The molecule has 0 aromatic carbocycles. The zero-order chi connectivity index (χ0) is 14.5. The number of unbranched alkanes of at least 4 members (excludes halogenated alkanes) is 1. The molecule has 110 valence electrons. The minimum absolute atomic E-state index is 0.474. The van der Waals surface area contributed by atoms with E-state index in [2.05, 4.69) is 28.8 Å². The third kappa shape index (κ3) is 2.84. The van der Waals surface area contributed by atoms with Crippen LogP contribution < -0.4 is 10.5 Å². The molecule has 0 bridgehead atoms. The number of rotatable bonds is 7. The Balaban J connectivity index is 2.31. The molecule has 0 amide bonds. The van der Waals surface area contributed by atoms with Gasteiger partial charge in [0.2, 0.25) is 11.8 Å². The predicted octanol–water partition coefficient (Wildman–Crippen LogP) is 2.63. The standard InChI is InChI=1S/C14H23N5O/c1-4-6-7-10(5-2)8-19-12-11(18-14(19)15)13(20-3)17-9-16-12/h9-10H,4-8H2,1-3H3,(H2,15,18). The third-order valence-electron chi connectivity index (χ3n) is 3.71. The largest absolute Gasteiger partial charge is 0.479 e. The number of nitrogens with zero attached hydrogens (tertiary/aromatic N) is 4. The van der Waals surface area contributed by atoms with Crippen LogP contribution in [0.15, 0.2) is 6.33 Å². The number of nitrogen functional groups attached to an aromatic ring is 1. The minimum Gasteiger partial charge on any atom is -0.479 e. The molecule has 0 saturated carbocycles. The minimum atomic E-state index is 0.474. The average Bonchev–Trinajstić information content (AvgIpc) is 2.79. The average molecular weight is 277 g/mol. The van der Waals surface area contributed by atoms with Gasteiger partial charge in [0.05, 0.1) is 7.11 Å². The number of hydrogen-bond acceptors (Lipinski definition) is 5. The van der Waals surface area contributed by atoms with Crippen LogP contribution in [0.1, 0.15) is 39.5 Å². The van der Waals surface area contributed by atoms with Crippen LogP contribution >= 0.6 is 0 Å². The summed E-state index contributed by atoms with van der Waals surface area (Å²) < 4.78 is 7.19. The molecule has 0 fully saturated rings. The highest BCUT2D eigenvalue weighted by molar-refractivity contribution is 5.78. The van der Waals surface area contributed by atoms with Crippen molar-refractivity contribution in [1.29, 1.82) is 0 Å². The Morgan fingerprint density at radius 2 is 2.15 bits per heavy atom. The molecule has 0 saturated heterocycles. The van der Waals surface area contributed by atoms with Crippen molar-refractivity contribution in [3.63, 3.8) is 0 Å². The van der Waals surface area contributed by atoms with E-state index in [0.29, 0.717) is 23.3 Å². The fourth-order valence-electron chi connectivity index (χ4n) is 2.44. The highest BCUT2D eigenvalue weighted by Gasteiger charge is 2.17. The van der Waals surface area contributed by atoms with E-state index in [1.807, 2.05) is 4.57 Å². The quantitative estimate of drug-likeness (QED) is 0.841. The SMILES string of the molecule is CCCCC(CC)Cn1c(N)nc2c(OC)ncnc21. The first kappa shape index (κ1) is 14.6. The van der Waals surface area contributed by atoms with E-state index in [-0.39, 0.29) is 0 Å². The van der Waals surface area contributed by atoms with E-state index >= 15 is 0 Å². The summed E-state index contributed by atoms with van der Waals surface area (Å²) in [4.78, 5) is 12.7. The van der Waals surface area contributed by atoms with E-state index in [4.69, 9.17) is 10.5 Å². The Hall–Kier alpha value is -1.85. The maximum atomic E-state index is 6.04. The first-order valence-corrected chi connectivity index (χ1v) is 7.21. The van der Waals surface area contributed by atoms with Gasteiger partial charge in [0, 0.05) is 6.54 Å². The van der Waals surface area contributed by atoms with Crippen molar-refractivity contribution < 1.29 is 4.74 Å². The molecule has 0 radical (unpaired) electrons. The molecule has 2 aromatic rings. The maximum Gasteiger partial charge on any atom is 0.245 e. The number of fused-ring (bicyclic) bond motifs is 1. The van der Waals surface area contributed by atoms with Crippen molar-refractivity contribution in [2.24, 2.45) is 5.92 Å². The van der Waals surface area contributed by atoms with Crippen LogP contribution in [0, 0.1) is 5.92 Å². The topological polar surface area (TPSA) is 78.9 Å². The van der Waals surface area contributed by atoms with Crippen LogP contribution in [-0.2, 0) is 6.54 Å². The molecule has 2 aromatic heterocycles. The van der Waals surface area contributed by atoms with Crippen molar-refractivity contribution in [3.8, 4) is 5.88 Å². The summed E-state index contributed by atoms with van der Waals surface area (Å²) in [5.74, 6) is 1.55. The molecule has 0 aliphatic rings. The summed E-state index contributed by atoms with van der Waals surface area (Å²) >= 11 is 0. The van der Waals surface area contributed by atoms with E-state index in [1.54, 1.807) is 7.11 Å². The third-order valence-corrected chi connectivity index (χ3v) is 3.71. The molecule has 6 heteroatoms. The second-order valence-electron chi connectivity index (χ2n) is 5.05. The van der Waals surface area contributed by atoms with Crippen molar-refractivity contribution in [1.82, 2.24) is 19.5 Å². The Labute approximate surface area is 119 Å². The van der Waals surface area contributed by atoms with Crippen molar-refractivity contribution in [2.75, 3.05) is 12.8 Å². The van der Waals surface area contributed by atoms with Crippen molar-refractivity contribution in [2.45, 2.75) is 46.1 Å². The van der Waals surface area contributed by atoms with Gasteiger partial charge in [-0.3, -0.25) is 4.57 Å². The van der Waals surface area contributed by atoms with E-state index in [0.717, 1.165) is 18.6 Å². The van der Waals surface area contributed by atoms with Crippen LogP contribution in [0.3, 0.4) is 0 Å². The molecule has 1 unspecified atom stereocenters. The fourth-order valence-corrected chi connectivity index (χ4v) is 2.44. The van der Waals surface area contributed by atoms with Crippen LogP contribution in [0.25, 0.3) is 11.2 Å². The van der Waals surface area contributed by atoms with Gasteiger partial charge in [-0.05, 0) is 12.3 Å². The number of anilines is 1. The highest BCUT2D eigenvalue weighted by atomic mass is 16.5. The molecule has 2 rings (SSSR count). The molecular weight excluding hydrogens is 254 g/mol. The van der Waals surface area contributed by atoms with Crippen molar-refractivity contribution in [3.05, 3.63) is 6.33 Å². The second kappa shape index (κ2) is 6.54. The molecular formula is C14H23N5O. The smallest absolute Gasteiger partial charge is 0.245 e. The summed E-state index contributed by atoms with van der Waals surface area (Å²) in [6, 6.07) is 0. The zero-order valence-electron chi connectivity index (χ0n) is 12.5. The van der Waals surface area contributed by atoms with Gasteiger partial charge in [0.15, 0.2) is 11.2 Å².